The molecule has 0 radical (unpaired) electrons. The molecular weight excluding hydrogens is 322 g/mol. The van der Waals surface area contributed by atoms with Crippen LogP contribution in [0.1, 0.15) is 16.7 Å². The third kappa shape index (κ3) is 3.77. The van der Waals surface area contributed by atoms with Crippen LogP contribution < -0.4 is 20.2 Å². The summed E-state index contributed by atoms with van der Waals surface area (Å²) < 4.78 is 10.5. The van der Waals surface area contributed by atoms with Crippen molar-refractivity contribution in [3.05, 3.63) is 53.1 Å². The minimum atomic E-state index is -0.848. The Morgan fingerprint density at radius 1 is 1.04 bits per heavy atom. The normalized spacial score (nSPS) is 12.2. The van der Waals surface area contributed by atoms with Crippen LogP contribution in [0, 0.1) is 13.8 Å². The Labute approximate surface area is 144 Å². The van der Waals surface area contributed by atoms with Gasteiger partial charge in [0.1, 0.15) is 0 Å². The minimum Gasteiger partial charge on any atom is -0.454 e. The van der Waals surface area contributed by atoms with E-state index in [1.54, 1.807) is 18.2 Å². The first-order chi connectivity index (χ1) is 12.0. The van der Waals surface area contributed by atoms with Crippen molar-refractivity contribution in [3.63, 3.8) is 0 Å². The molecule has 3 rings (SSSR count). The molecule has 7 nitrogen and oxygen atoms in total. The van der Waals surface area contributed by atoms with Crippen molar-refractivity contribution in [1.29, 1.82) is 0 Å². The van der Waals surface area contributed by atoms with Gasteiger partial charge in [-0.1, -0.05) is 18.2 Å². The Kier molecular flexibility index (Phi) is 4.65. The summed E-state index contributed by atoms with van der Waals surface area (Å²) in [5, 5.41) is 6.39. The molecule has 0 saturated carbocycles. The second-order valence-corrected chi connectivity index (χ2v) is 5.53. The number of amides is 2. The first-order valence-corrected chi connectivity index (χ1v) is 7.65. The number of ether oxygens (including phenoxy) is 2. The summed E-state index contributed by atoms with van der Waals surface area (Å²) in [5.41, 5.74) is 5.30. The first kappa shape index (κ1) is 16.5. The number of para-hydroxylation sites is 1. The molecule has 0 fully saturated rings. The summed E-state index contributed by atoms with van der Waals surface area (Å²) in [6.07, 6.45) is 1.42. The molecule has 25 heavy (non-hydrogen) atoms. The SMILES string of the molecule is Cc1cccc(C)c1NC(=O)C(=O)N/N=C/c1ccc2c(c1)OCO2. The number of hydrogen-bond donors (Lipinski definition) is 2. The number of carbonyl (C=O) groups excluding carboxylic acids is 2. The van der Waals surface area contributed by atoms with Crippen LogP contribution in [0.3, 0.4) is 0 Å². The maximum Gasteiger partial charge on any atom is 0.329 e. The van der Waals surface area contributed by atoms with E-state index in [4.69, 9.17) is 9.47 Å². The third-order valence-corrected chi connectivity index (χ3v) is 3.70. The largest absolute Gasteiger partial charge is 0.454 e. The highest BCUT2D eigenvalue weighted by Crippen LogP contribution is 2.31. The third-order valence-electron chi connectivity index (χ3n) is 3.70. The van der Waals surface area contributed by atoms with E-state index < -0.39 is 11.8 Å². The van der Waals surface area contributed by atoms with Gasteiger partial charge in [-0.15, -0.1) is 0 Å². The van der Waals surface area contributed by atoms with E-state index in [0.29, 0.717) is 22.7 Å². The lowest BCUT2D eigenvalue weighted by atomic mass is 10.1. The number of fused-ring (bicyclic) bond motifs is 1. The molecule has 0 bridgehead atoms. The molecule has 2 N–H and O–H groups in total. The summed E-state index contributed by atoms with van der Waals surface area (Å²) in [7, 11) is 0. The summed E-state index contributed by atoms with van der Waals surface area (Å²) in [6.45, 7) is 3.90. The van der Waals surface area contributed by atoms with Crippen molar-refractivity contribution in [1.82, 2.24) is 5.43 Å². The van der Waals surface area contributed by atoms with Crippen molar-refractivity contribution in [3.8, 4) is 11.5 Å². The van der Waals surface area contributed by atoms with Crippen LogP contribution in [-0.4, -0.2) is 24.8 Å². The van der Waals surface area contributed by atoms with Crippen LogP contribution in [0.4, 0.5) is 5.69 Å². The lowest BCUT2D eigenvalue weighted by Gasteiger charge is -2.10. The van der Waals surface area contributed by atoms with Crippen LogP contribution in [-0.2, 0) is 9.59 Å². The Bertz CT molecular complexity index is 841. The van der Waals surface area contributed by atoms with Gasteiger partial charge < -0.3 is 14.8 Å². The van der Waals surface area contributed by atoms with E-state index in [1.807, 2.05) is 32.0 Å². The summed E-state index contributed by atoms with van der Waals surface area (Å²) >= 11 is 0. The molecule has 1 aliphatic heterocycles. The fourth-order valence-electron chi connectivity index (χ4n) is 2.39. The molecule has 1 aliphatic rings. The summed E-state index contributed by atoms with van der Waals surface area (Å²) in [4.78, 5) is 23.8. The highest BCUT2D eigenvalue weighted by molar-refractivity contribution is 6.39. The van der Waals surface area contributed by atoms with E-state index in [9.17, 15) is 9.59 Å². The zero-order valence-electron chi connectivity index (χ0n) is 13.8. The van der Waals surface area contributed by atoms with Gasteiger partial charge in [-0.2, -0.15) is 5.10 Å². The number of benzene rings is 2. The van der Waals surface area contributed by atoms with E-state index in [-0.39, 0.29) is 6.79 Å². The quantitative estimate of drug-likeness (QED) is 0.509. The molecule has 2 aromatic carbocycles. The molecule has 0 unspecified atom stereocenters. The second-order valence-electron chi connectivity index (χ2n) is 5.53. The van der Waals surface area contributed by atoms with Gasteiger partial charge in [-0.05, 0) is 48.7 Å². The smallest absolute Gasteiger partial charge is 0.329 e. The molecule has 0 spiro atoms. The van der Waals surface area contributed by atoms with Crippen molar-refractivity contribution in [2.45, 2.75) is 13.8 Å². The molecule has 0 saturated heterocycles. The number of hydrazone groups is 1. The Hall–Kier alpha value is -3.35. The summed E-state index contributed by atoms with van der Waals surface area (Å²) in [6, 6.07) is 10.8. The number of nitrogens with zero attached hydrogens (tertiary/aromatic N) is 1. The van der Waals surface area contributed by atoms with Gasteiger partial charge in [0.25, 0.3) is 0 Å². The number of rotatable bonds is 3. The van der Waals surface area contributed by atoms with Crippen molar-refractivity contribution < 1.29 is 19.1 Å². The maximum atomic E-state index is 12.0. The highest BCUT2D eigenvalue weighted by atomic mass is 16.7. The average molecular weight is 339 g/mol. The Morgan fingerprint density at radius 2 is 1.76 bits per heavy atom. The zero-order chi connectivity index (χ0) is 17.8. The molecular formula is C18H17N3O4. The standard InChI is InChI=1S/C18H17N3O4/c1-11-4-3-5-12(2)16(11)20-17(22)18(23)21-19-9-13-6-7-14-15(8-13)25-10-24-14/h3-9H,10H2,1-2H3,(H,20,22)(H,21,23)/b19-9+. The van der Waals surface area contributed by atoms with Crippen LogP contribution in [0.15, 0.2) is 41.5 Å². The first-order valence-electron chi connectivity index (χ1n) is 7.65. The van der Waals surface area contributed by atoms with Gasteiger partial charge in [-0.3, -0.25) is 9.59 Å². The Balaban J connectivity index is 1.59. The number of nitrogens with one attached hydrogen (secondary N) is 2. The fraction of sp³-hybridized carbons (Fsp3) is 0.167. The second kappa shape index (κ2) is 7.04. The lowest BCUT2D eigenvalue weighted by Crippen LogP contribution is -2.32. The highest BCUT2D eigenvalue weighted by Gasteiger charge is 2.15. The van der Waals surface area contributed by atoms with E-state index in [2.05, 4.69) is 15.8 Å². The van der Waals surface area contributed by atoms with Crippen molar-refractivity contribution in [2.75, 3.05) is 12.1 Å². The van der Waals surface area contributed by atoms with Gasteiger partial charge in [-0.25, -0.2) is 5.43 Å². The molecule has 7 heteroatoms. The van der Waals surface area contributed by atoms with Gasteiger partial charge in [0, 0.05) is 5.69 Å². The topological polar surface area (TPSA) is 89.0 Å². The van der Waals surface area contributed by atoms with Crippen LogP contribution >= 0.6 is 0 Å². The van der Waals surface area contributed by atoms with E-state index >= 15 is 0 Å². The average Bonchev–Trinajstić information content (AvgIpc) is 3.05. The molecule has 2 amide bonds. The van der Waals surface area contributed by atoms with Crippen molar-refractivity contribution >= 4 is 23.7 Å². The Morgan fingerprint density at radius 3 is 2.52 bits per heavy atom. The van der Waals surface area contributed by atoms with E-state index in [0.717, 1.165) is 11.1 Å². The van der Waals surface area contributed by atoms with Crippen molar-refractivity contribution in [2.24, 2.45) is 5.10 Å². The van der Waals surface area contributed by atoms with Gasteiger partial charge in [0.05, 0.1) is 6.21 Å². The molecule has 128 valence electrons. The number of carbonyl (C=O) groups is 2. The molecule has 1 heterocycles. The van der Waals surface area contributed by atoms with Gasteiger partial charge in [0.2, 0.25) is 6.79 Å². The molecule has 0 aliphatic carbocycles. The maximum absolute atomic E-state index is 12.0. The predicted octanol–water partition coefficient (Wildman–Crippen LogP) is 2.12. The van der Waals surface area contributed by atoms with Crippen LogP contribution in [0.2, 0.25) is 0 Å². The van der Waals surface area contributed by atoms with Gasteiger partial charge >= 0.3 is 11.8 Å². The van der Waals surface area contributed by atoms with E-state index in [1.165, 1.54) is 6.21 Å². The monoisotopic (exact) mass is 339 g/mol. The number of anilines is 1. The van der Waals surface area contributed by atoms with Crippen LogP contribution in [0.5, 0.6) is 11.5 Å². The predicted molar refractivity (Wildman–Crippen MR) is 92.8 cm³/mol. The molecule has 2 aromatic rings. The fourth-order valence-corrected chi connectivity index (χ4v) is 2.39. The minimum absolute atomic E-state index is 0.186. The zero-order valence-corrected chi connectivity index (χ0v) is 13.8. The summed E-state index contributed by atoms with van der Waals surface area (Å²) in [5.74, 6) is -0.350. The van der Waals surface area contributed by atoms with Gasteiger partial charge in [0.15, 0.2) is 11.5 Å². The lowest BCUT2D eigenvalue weighted by molar-refractivity contribution is -0.136. The molecule has 0 atom stereocenters. The number of hydrogen-bond acceptors (Lipinski definition) is 5. The van der Waals surface area contributed by atoms with Crippen LogP contribution in [0.25, 0.3) is 0 Å². The number of aryl methyl sites for hydroxylation is 2. The molecule has 0 aromatic heterocycles.